The Balaban J connectivity index is 3.28. The highest BCUT2D eigenvalue weighted by atomic mass is 28.4. The summed E-state index contributed by atoms with van der Waals surface area (Å²) in [5, 5.41) is 0. The predicted octanol–water partition coefficient (Wildman–Crippen LogP) is -0.577. The summed E-state index contributed by atoms with van der Waals surface area (Å²) in [5.41, 5.74) is 0. The van der Waals surface area contributed by atoms with Crippen LogP contribution in [0.25, 0.3) is 0 Å². The molecule has 80 valence electrons. The van der Waals surface area contributed by atoms with Crippen molar-refractivity contribution < 1.29 is 0 Å². The van der Waals surface area contributed by atoms with Crippen LogP contribution in [-0.2, 0) is 0 Å². The van der Waals surface area contributed by atoms with E-state index in [1.54, 1.807) is 0 Å². The van der Waals surface area contributed by atoms with Crippen molar-refractivity contribution in [1.82, 2.24) is 13.9 Å². The lowest BCUT2D eigenvalue weighted by atomic mass is 11.8. The largest absolute Gasteiger partial charge is 0.353 e. The lowest BCUT2D eigenvalue weighted by Crippen LogP contribution is -2.55. The summed E-state index contributed by atoms with van der Waals surface area (Å²) < 4.78 is 11.0. The number of hydrogen-bond acceptors (Lipinski definition) is 3. The van der Waals surface area contributed by atoms with E-state index in [1.807, 2.05) is 0 Å². The Labute approximate surface area is 89.6 Å². The van der Waals surface area contributed by atoms with Gasteiger partial charge in [0.15, 0.2) is 19.7 Å². The highest BCUT2D eigenvalue weighted by Crippen LogP contribution is 1.91. The van der Waals surface area contributed by atoms with Crippen molar-refractivity contribution in [2.45, 2.75) is 39.3 Å². The summed E-state index contributed by atoms with van der Waals surface area (Å²) >= 11 is 0. The molecule has 0 saturated heterocycles. The van der Waals surface area contributed by atoms with Crippen LogP contribution in [0.4, 0.5) is 0 Å². The monoisotopic (exact) mass is 251 g/mol. The van der Waals surface area contributed by atoms with E-state index in [0.29, 0.717) is 0 Å². The van der Waals surface area contributed by atoms with Crippen LogP contribution in [0.15, 0.2) is 0 Å². The van der Waals surface area contributed by atoms with E-state index < -0.39 is 16.5 Å². The second kappa shape index (κ2) is 5.59. The van der Waals surface area contributed by atoms with Gasteiger partial charge in [-0.3, -0.25) is 0 Å². The quantitative estimate of drug-likeness (QED) is 0.437. The van der Waals surface area contributed by atoms with E-state index in [-0.39, 0.29) is 19.7 Å². The van der Waals surface area contributed by atoms with Crippen LogP contribution in [0.3, 0.4) is 0 Å². The first-order chi connectivity index (χ1) is 5.71. The molecule has 0 amide bonds. The van der Waals surface area contributed by atoms with Gasteiger partial charge in [0.05, 0.1) is 0 Å². The third kappa shape index (κ3) is 12.7. The predicted molar refractivity (Wildman–Crippen MR) is 73.2 cm³/mol. The molecular formula is C6H25N3Si4. The topological polar surface area (TPSA) is 36.1 Å². The zero-order chi connectivity index (χ0) is 10.5. The Hall–Kier alpha value is 0.748. The van der Waals surface area contributed by atoms with Crippen LogP contribution in [0, 0.1) is 0 Å². The van der Waals surface area contributed by atoms with Gasteiger partial charge in [0, 0.05) is 0 Å². The van der Waals surface area contributed by atoms with Gasteiger partial charge in [-0.05, 0) is 0 Å². The lowest BCUT2D eigenvalue weighted by Gasteiger charge is -2.21. The molecule has 0 aliphatic carbocycles. The fourth-order valence-corrected chi connectivity index (χ4v) is 8.71. The summed E-state index contributed by atoms with van der Waals surface area (Å²) in [7, 11) is -2.35. The Morgan fingerprint density at radius 2 is 1.00 bits per heavy atom. The minimum Gasteiger partial charge on any atom is -0.353 e. The maximum atomic E-state index is 3.68. The molecular weight excluding hydrogens is 226 g/mol. The number of hydrogen-bond donors (Lipinski definition) is 3. The molecule has 0 rings (SSSR count). The van der Waals surface area contributed by atoms with Gasteiger partial charge in [-0.1, -0.05) is 39.3 Å². The van der Waals surface area contributed by atoms with E-state index in [1.165, 1.54) is 0 Å². The molecule has 7 heteroatoms. The van der Waals surface area contributed by atoms with Crippen LogP contribution in [-0.4, -0.2) is 36.2 Å². The van der Waals surface area contributed by atoms with Crippen molar-refractivity contribution in [3.8, 4) is 0 Å². The summed E-state index contributed by atoms with van der Waals surface area (Å²) in [5.74, 6) is 0. The molecule has 0 bridgehead atoms. The molecule has 0 heterocycles. The van der Waals surface area contributed by atoms with Crippen LogP contribution in [0.2, 0.25) is 39.3 Å². The zero-order valence-corrected chi connectivity index (χ0v) is 14.7. The maximum Gasteiger partial charge on any atom is 0.154 e. The molecule has 0 fully saturated rings. The Morgan fingerprint density at radius 1 is 0.692 bits per heavy atom. The van der Waals surface area contributed by atoms with Crippen molar-refractivity contribution in [3.63, 3.8) is 0 Å². The van der Waals surface area contributed by atoms with Gasteiger partial charge < -0.3 is 13.9 Å². The molecule has 13 heavy (non-hydrogen) atoms. The fraction of sp³-hybridized carbons (Fsp3) is 1.00. The van der Waals surface area contributed by atoms with Gasteiger partial charge >= 0.3 is 0 Å². The van der Waals surface area contributed by atoms with Crippen molar-refractivity contribution in [2.24, 2.45) is 0 Å². The normalized spacial score (nSPS) is 15.2. The lowest BCUT2D eigenvalue weighted by molar-refractivity contribution is 1.29. The van der Waals surface area contributed by atoms with Crippen LogP contribution in [0.5, 0.6) is 0 Å². The molecule has 0 aromatic carbocycles. The van der Waals surface area contributed by atoms with Crippen molar-refractivity contribution in [3.05, 3.63) is 0 Å². The van der Waals surface area contributed by atoms with Gasteiger partial charge in [-0.15, -0.1) is 0 Å². The number of nitrogens with one attached hydrogen (secondary N) is 3. The third-order valence-corrected chi connectivity index (χ3v) is 13.4. The Bertz CT molecular complexity index is 124. The molecule has 0 unspecified atom stereocenters. The molecule has 0 spiro atoms. The van der Waals surface area contributed by atoms with E-state index in [9.17, 15) is 0 Å². The molecule has 0 aromatic heterocycles. The maximum absolute atomic E-state index is 3.68. The van der Waals surface area contributed by atoms with Gasteiger partial charge in [0.25, 0.3) is 0 Å². The summed E-state index contributed by atoms with van der Waals surface area (Å²) in [6.07, 6.45) is 0. The van der Waals surface area contributed by atoms with Crippen molar-refractivity contribution in [1.29, 1.82) is 0 Å². The minimum atomic E-state index is -0.998. The van der Waals surface area contributed by atoms with E-state index in [2.05, 4.69) is 53.2 Å². The van der Waals surface area contributed by atoms with E-state index >= 15 is 0 Å². The van der Waals surface area contributed by atoms with Crippen LogP contribution in [0.1, 0.15) is 0 Å². The first-order valence-corrected chi connectivity index (χ1v) is 14.7. The van der Waals surface area contributed by atoms with Gasteiger partial charge in [0.1, 0.15) is 16.5 Å². The Kier molecular flexibility index (Phi) is 5.91. The first-order valence-electron chi connectivity index (χ1n) is 4.91. The fourth-order valence-electron chi connectivity index (χ4n) is 0.718. The summed E-state index contributed by atoms with van der Waals surface area (Å²) in [4.78, 5) is 0. The second-order valence-corrected chi connectivity index (χ2v) is 20.0. The highest BCUT2D eigenvalue weighted by Gasteiger charge is 2.12. The standard InChI is InChI=1S/C6H25N3Si4/c1-12(2,3)8-10-7-11-9-13(4,5)6/h7-9H,10-11H2,1-6H3. The van der Waals surface area contributed by atoms with E-state index in [0.717, 1.165) is 0 Å². The third-order valence-electron chi connectivity index (χ3n) is 1.49. The van der Waals surface area contributed by atoms with Crippen LogP contribution < -0.4 is 13.9 Å². The molecule has 0 atom stereocenters. The molecule has 0 aliphatic heterocycles. The number of rotatable bonds is 6. The zero-order valence-electron chi connectivity index (χ0n) is 9.91. The molecule has 3 N–H and O–H groups in total. The van der Waals surface area contributed by atoms with Crippen molar-refractivity contribution in [2.75, 3.05) is 0 Å². The molecule has 0 radical (unpaired) electrons. The van der Waals surface area contributed by atoms with Gasteiger partial charge in [-0.2, -0.15) is 0 Å². The molecule has 0 saturated carbocycles. The van der Waals surface area contributed by atoms with Gasteiger partial charge in [0.2, 0.25) is 0 Å². The summed E-state index contributed by atoms with van der Waals surface area (Å²) in [6.45, 7) is 14.1. The smallest absolute Gasteiger partial charge is 0.154 e. The molecule has 0 aliphatic rings. The average molecular weight is 252 g/mol. The highest BCUT2D eigenvalue weighted by molar-refractivity contribution is 6.82. The molecule has 0 aromatic rings. The SMILES string of the molecule is C[Si](C)(C)N[SiH2]N[SiH2]N[Si](C)(C)C. The Morgan fingerprint density at radius 3 is 1.23 bits per heavy atom. The van der Waals surface area contributed by atoms with Crippen molar-refractivity contribution >= 4 is 36.2 Å². The van der Waals surface area contributed by atoms with E-state index in [4.69, 9.17) is 0 Å². The minimum absolute atomic E-state index is 0.179. The average Bonchev–Trinajstić information content (AvgIpc) is 1.81. The van der Waals surface area contributed by atoms with Crippen LogP contribution >= 0.6 is 0 Å². The summed E-state index contributed by atoms with van der Waals surface area (Å²) in [6, 6.07) is 0. The first kappa shape index (κ1) is 13.7. The second-order valence-electron chi connectivity index (χ2n) is 5.46. The molecule has 3 nitrogen and oxygen atoms in total. The van der Waals surface area contributed by atoms with Gasteiger partial charge in [-0.25, -0.2) is 0 Å².